The minimum Gasteiger partial charge on any atom is -0.494 e. The van der Waals surface area contributed by atoms with Gasteiger partial charge in [0.2, 0.25) is 0 Å². The van der Waals surface area contributed by atoms with Crippen LogP contribution in [0.4, 0.5) is 4.79 Å². The molecule has 1 aromatic heterocycles. The van der Waals surface area contributed by atoms with Crippen LogP contribution in [0.2, 0.25) is 0 Å². The monoisotopic (exact) mass is 500 g/mol. The Labute approximate surface area is 218 Å². The van der Waals surface area contributed by atoms with Crippen molar-refractivity contribution >= 4 is 22.8 Å². The van der Waals surface area contributed by atoms with Gasteiger partial charge in [0.05, 0.1) is 6.61 Å². The van der Waals surface area contributed by atoms with Gasteiger partial charge in [-0.15, -0.1) is 0 Å². The van der Waals surface area contributed by atoms with Crippen molar-refractivity contribution in [3.63, 3.8) is 0 Å². The van der Waals surface area contributed by atoms with Crippen LogP contribution in [0.1, 0.15) is 62.4 Å². The zero-order chi connectivity index (χ0) is 25.6. The molecule has 3 aliphatic rings. The second-order valence-corrected chi connectivity index (χ2v) is 10.8. The van der Waals surface area contributed by atoms with Crippen molar-refractivity contribution < 1.29 is 14.3 Å². The van der Waals surface area contributed by atoms with Gasteiger partial charge in [0.15, 0.2) is 0 Å². The molecule has 0 saturated carbocycles. The summed E-state index contributed by atoms with van der Waals surface area (Å²) in [6, 6.07) is 15.6. The number of nitrogens with one attached hydrogen (secondary N) is 1. The number of carbonyl (C=O) groups is 2. The Kier molecular flexibility index (Phi) is 6.19. The van der Waals surface area contributed by atoms with Crippen LogP contribution >= 0.6 is 0 Å². The zero-order valence-corrected chi connectivity index (χ0v) is 21.8. The van der Waals surface area contributed by atoms with E-state index in [-0.39, 0.29) is 18.0 Å². The third-order valence-electron chi connectivity index (χ3n) is 8.37. The summed E-state index contributed by atoms with van der Waals surface area (Å²) in [6.45, 7) is 8.15. The molecule has 0 unspecified atom stereocenters. The molecule has 37 heavy (non-hydrogen) atoms. The summed E-state index contributed by atoms with van der Waals surface area (Å²) in [7, 11) is 0. The number of aromatic amines is 1. The molecule has 2 fully saturated rings. The van der Waals surface area contributed by atoms with Crippen LogP contribution in [0, 0.1) is 0 Å². The van der Waals surface area contributed by atoms with Gasteiger partial charge >= 0.3 is 6.03 Å². The van der Waals surface area contributed by atoms with E-state index in [1.54, 1.807) is 0 Å². The molecule has 3 aromatic rings. The summed E-state index contributed by atoms with van der Waals surface area (Å²) in [5.74, 6) is 0.729. The molecule has 0 radical (unpaired) electrons. The molecular formula is C30H36N4O3. The number of H-pyrrole nitrogens is 1. The number of carbonyl (C=O) groups excluding carboxylic acids is 2. The normalized spacial score (nSPS) is 24.0. The summed E-state index contributed by atoms with van der Waals surface area (Å²) in [5.41, 5.74) is 3.15. The summed E-state index contributed by atoms with van der Waals surface area (Å²) in [6.07, 6.45) is 5.07. The fourth-order valence-electron chi connectivity index (χ4n) is 6.56. The molecule has 3 aliphatic heterocycles. The molecule has 2 saturated heterocycles. The summed E-state index contributed by atoms with van der Waals surface area (Å²) in [4.78, 5) is 37.4. The van der Waals surface area contributed by atoms with Crippen LogP contribution in [0.5, 0.6) is 5.75 Å². The number of aromatic nitrogens is 1. The predicted octanol–water partition coefficient (Wildman–Crippen LogP) is 5.11. The van der Waals surface area contributed by atoms with Crippen LogP contribution in [0.25, 0.3) is 10.9 Å². The van der Waals surface area contributed by atoms with E-state index in [0.717, 1.165) is 59.5 Å². The van der Waals surface area contributed by atoms with Crippen molar-refractivity contribution in [1.82, 2.24) is 19.7 Å². The molecule has 2 atom stereocenters. The molecule has 0 spiro atoms. The lowest BCUT2D eigenvalue weighted by atomic mass is 9.81. The lowest BCUT2D eigenvalue weighted by molar-refractivity contribution is -0.133. The molecule has 4 heterocycles. The second-order valence-electron chi connectivity index (χ2n) is 10.8. The van der Waals surface area contributed by atoms with E-state index in [1.807, 2.05) is 61.2 Å². The number of fused-ring (bicyclic) bond motifs is 4. The molecule has 194 valence electrons. The minimum absolute atomic E-state index is 0.0851. The highest BCUT2D eigenvalue weighted by atomic mass is 16.5. The van der Waals surface area contributed by atoms with Crippen LogP contribution in [-0.4, -0.2) is 69.9 Å². The molecule has 0 bridgehead atoms. The first kappa shape index (κ1) is 24.0. The molecule has 6 rings (SSSR count). The summed E-state index contributed by atoms with van der Waals surface area (Å²) >= 11 is 0. The Morgan fingerprint density at radius 3 is 2.57 bits per heavy atom. The number of ether oxygens (including phenoxy) is 1. The fourth-order valence-corrected chi connectivity index (χ4v) is 6.56. The Hall–Kier alpha value is -3.32. The topological polar surface area (TPSA) is 68.9 Å². The Balaban J connectivity index is 1.37. The maximum absolute atomic E-state index is 14.0. The average Bonchev–Trinajstić information content (AvgIpc) is 3.36. The smallest absolute Gasteiger partial charge is 0.328 e. The SMILES string of the molecule is CCOc1ccc2[nH]c3c(c2c1)C[C@@]1(C)C(=O)N(CCCN2CCCCC2)C(=O)N1[C@@H]3c1ccccc1. The van der Waals surface area contributed by atoms with Crippen molar-refractivity contribution in [2.45, 2.75) is 57.5 Å². The Morgan fingerprint density at radius 1 is 1.03 bits per heavy atom. The van der Waals surface area contributed by atoms with E-state index in [0.29, 0.717) is 19.6 Å². The van der Waals surface area contributed by atoms with Gasteiger partial charge in [-0.3, -0.25) is 14.6 Å². The second kappa shape index (κ2) is 9.53. The standard InChI is InChI=1S/C30H36N4O3/c1-3-37-22-13-14-25-23(19-22)24-20-30(2)28(35)33(18-10-17-32-15-8-5-9-16-32)29(36)34(30)27(26(24)31-25)21-11-6-4-7-12-21/h4,6-7,11-14,19,27,31H,3,5,8-10,15-18,20H2,1-2H3/t27-,30+/m1/s1. The first-order valence-corrected chi connectivity index (χ1v) is 13.7. The Morgan fingerprint density at radius 2 is 1.81 bits per heavy atom. The molecular weight excluding hydrogens is 464 g/mol. The highest BCUT2D eigenvalue weighted by molar-refractivity contribution is 6.08. The lowest BCUT2D eigenvalue weighted by Crippen LogP contribution is -2.53. The highest BCUT2D eigenvalue weighted by Gasteiger charge is 2.60. The maximum atomic E-state index is 14.0. The average molecular weight is 501 g/mol. The number of rotatable bonds is 7. The minimum atomic E-state index is -0.938. The number of piperidine rings is 1. The third-order valence-corrected chi connectivity index (χ3v) is 8.37. The number of hydrogen-bond acceptors (Lipinski definition) is 4. The third kappa shape index (κ3) is 4.00. The van der Waals surface area contributed by atoms with E-state index in [9.17, 15) is 9.59 Å². The number of imide groups is 1. The van der Waals surface area contributed by atoms with Gasteiger partial charge < -0.3 is 14.6 Å². The summed E-state index contributed by atoms with van der Waals surface area (Å²) in [5, 5.41) is 1.06. The van der Waals surface area contributed by atoms with Crippen LogP contribution < -0.4 is 4.74 Å². The number of likely N-dealkylation sites (tertiary alicyclic amines) is 1. The predicted molar refractivity (Wildman–Crippen MR) is 144 cm³/mol. The molecule has 1 N–H and O–H groups in total. The molecule has 3 amide bonds. The van der Waals surface area contributed by atoms with Crippen LogP contribution in [0.3, 0.4) is 0 Å². The van der Waals surface area contributed by atoms with Gasteiger partial charge in [0, 0.05) is 29.6 Å². The van der Waals surface area contributed by atoms with E-state index in [4.69, 9.17) is 4.74 Å². The van der Waals surface area contributed by atoms with Gasteiger partial charge in [-0.1, -0.05) is 36.8 Å². The fraction of sp³-hybridized carbons (Fsp3) is 0.467. The van der Waals surface area contributed by atoms with Gasteiger partial charge in [0.25, 0.3) is 5.91 Å². The number of amides is 3. The molecule has 7 heteroatoms. The van der Waals surface area contributed by atoms with Crippen molar-refractivity contribution in [3.05, 3.63) is 65.4 Å². The quantitative estimate of drug-likeness (QED) is 0.458. The first-order valence-electron chi connectivity index (χ1n) is 13.7. The first-order chi connectivity index (χ1) is 18.0. The van der Waals surface area contributed by atoms with Crippen molar-refractivity contribution in [2.24, 2.45) is 0 Å². The number of urea groups is 1. The van der Waals surface area contributed by atoms with E-state index >= 15 is 0 Å². The van der Waals surface area contributed by atoms with Crippen LogP contribution in [-0.2, 0) is 11.2 Å². The van der Waals surface area contributed by atoms with E-state index in [1.165, 1.54) is 24.2 Å². The number of benzene rings is 2. The van der Waals surface area contributed by atoms with Crippen LogP contribution in [0.15, 0.2) is 48.5 Å². The van der Waals surface area contributed by atoms with Crippen molar-refractivity contribution in [3.8, 4) is 5.75 Å². The van der Waals surface area contributed by atoms with Gasteiger partial charge in [-0.25, -0.2) is 4.79 Å². The number of nitrogens with zero attached hydrogens (tertiary/aromatic N) is 3. The Bertz CT molecular complexity index is 1310. The molecule has 0 aliphatic carbocycles. The van der Waals surface area contributed by atoms with Gasteiger partial charge in [-0.2, -0.15) is 0 Å². The molecule has 7 nitrogen and oxygen atoms in total. The zero-order valence-electron chi connectivity index (χ0n) is 21.8. The van der Waals surface area contributed by atoms with Crippen molar-refractivity contribution in [2.75, 3.05) is 32.8 Å². The van der Waals surface area contributed by atoms with E-state index in [2.05, 4.69) is 16.0 Å². The maximum Gasteiger partial charge on any atom is 0.328 e. The highest BCUT2D eigenvalue weighted by Crippen LogP contribution is 2.49. The summed E-state index contributed by atoms with van der Waals surface area (Å²) < 4.78 is 5.79. The van der Waals surface area contributed by atoms with Gasteiger partial charge in [0.1, 0.15) is 17.3 Å². The molecule has 2 aromatic carbocycles. The van der Waals surface area contributed by atoms with Gasteiger partial charge in [-0.05, 0) is 82.1 Å². The number of hydrogen-bond donors (Lipinski definition) is 1. The van der Waals surface area contributed by atoms with Crippen molar-refractivity contribution in [1.29, 1.82) is 0 Å². The largest absolute Gasteiger partial charge is 0.494 e. The lowest BCUT2D eigenvalue weighted by Gasteiger charge is -2.42. The van der Waals surface area contributed by atoms with E-state index < -0.39 is 5.54 Å².